The van der Waals surface area contributed by atoms with Crippen molar-refractivity contribution in [2.24, 2.45) is 5.73 Å². The minimum atomic E-state index is 0.299. The molecule has 0 unspecified atom stereocenters. The first-order chi connectivity index (χ1) is 10.7. The van der Waals surface area contributed by atoms with Crippen LogP contribution in [0, 0.1) is 6.92 Å². The zero-order chi connectivity index (χ0) is 15.1. The summed E-state index contributed by atoms with van der Waals surface area (Å²) < 4.78 is 13.3. The maximum Gasteiger partial charge on any atom is 0.231 e. The molecule has 5 nitrogen and oxygen atoms in total. The molecule has 5 heteroatoms. The Kier molecular flexibility index (Phi) is 3.30. The van der Waals surface area contributed by atoms with Crippen LogP contribution in [-0.2, 0) is 0 Å². The van der Waals surface area contributed by atoms with Gasteiger partial charge in [-0.05, 0) is 50.3 Å². The number of benzene rings is 1. The van der Waals surface area contributed by atoms with Gasteiger partial charge in [0.15, 0.2) is 11.5 Å². The molecule has 1 aromatic heterocycles. The molecule has 0 amide bonds. The molecule has 0 atom stereocenters. The van der Waals surface area contributed by atoms with Crippen molar-refractivity contribution in [1.82, 2.24) is 9.55 Å². The monoisotopic (exact) mass is 299 g/mol. The molecule has 116 valence electrons. The highest BCUT2D eigenvalue weighted by Gasteiger charge is 2.24. The Morgan fingerprint density at radius 2 is 1.86 bits per heavy atom. The number of hydrogen-bond acceptors (Lipinski definition) is 4. The number of aromatic nitrogens is 2. The van der Waals surface area contributed by atoms with Gasteiger partial charge in [-0.25, -0.2) is 4.98 Å². The molecule has 22 heavy (non-hydrogen) atoms. The minimum Gasteiger partial charge on any atom is -0.454 e. The predicted molar refractivity (Wildman–Crippen MR) is 84.0 cm³/mol. The third-order valence-electron chi connectivity index (χ3n) is 4.76. The average molecular weight is 299 g/mol. The fraction of sp³-hybridized carbons (Fsp3) is 0.471. The van der Waals surface area contributed by atoms with Crippen LogP contribution in [0.2, 0.25) is 0 Å². The lowest BCUT2D eigenvalue weighted by Gasteiger charge is -2.28. The molecule has 0 radical (unpaired) electrons. The summed E-state index contributed by atoms with van der Waals surface area (Å²) in [6.07, 6.45) is 8.38. The van der Waals surface area contributed by atoms with Gasteiger partial charge in [0.05, 0.1) is 0 Å². The molecule has 2 heterocycles. The molecule has 0 spiro atoms. The van der Waals surface area contributed by atoms with E-state index in [4.69, 9.17) is 15.2 Å². The van der Waals surface area contributed by atoms with Crippen LogP contribution in [0.3, 0.4) is 0 Å². The molecule has 1 aliphatic carbocycles. The Morgan fingerprint density at radius 3 is 2.64 bits per heavy atom. The second-order valence-corrected chi connectivity index (χ2v) is 6.25. The van der Waals surface area contributed by atoms with Crippen molar-refractivity contribution in [1.29, 1.82) is 0 Å². The van der Waals surface area contributed by atoms with Crippen molar-refractivity contribution in [3.8, 4) is 22.9 Å². The molecular weight excluding hydrogens is 278 g/mol. The first kappa shape index (κ1) is 13.6. The Morgan fingerprint density at radius 1 is 1.14 bits per heavy atom. The summed E-state index contributed by atoms with van der Waals surface area (Å²) in [4.78, 5) is 4.60. The molecule has 2 N–H and O–H groups in total. The molecule has 4 rings (SSSR count). The van der Waals surface area contributed by atoms with E-state index in [-0.39, 0.29) is 0 Å². The van der Waals surface area contributed by atoms with Crippen LogP contribution in [0.4, 0.5) is 0 Å². The Hall–Kier alpha value is -2.01. The van der Waals surface area contributed by atoms with E-state index in [0.29, 0.717) is 18.9 Å². The molecule has 0 bridgehead atoms. The quantitative estimate of drug-likeness (QED) is 0.926. The first-order valence-corrected chi connectivity index (χ1v) is 7.91. The third-order valence-corrected chi connectivity index (χ3v) is 4.76. The zero-order valence-electron chi connectivity index (χ0n) is 12.8. The lowest BCUT2D eigenvalue weighted by molar-refractivity contribution is 0.174. The van der Waals surface area contributed by atoms with Crippen molar-refractivity contribution in [2.75, 3.05) is 6.79 Å². The van der Waals surface area contributed by atoms with Gasteiger partial charge in [-0.2, -0.15) is 0 Å². The maximum absolute atomic E-state index is 6.03. The van der Waals surface area contributed by atoms with E-state index in [1.807, 2.05) is 18.3 Å². The van der Waals surface area contributed by atoms with Crippen LogP contribution in [0.1, 0.15) is 37.3 Å². The summed E-state index contributed by atoms with van der Waals surface area (Å²) in [5.41, 5.74) is 8.30. The van der Waals surface area contributed by atoms with E-state index in [2.05, 4.69) is 22.7 Å². The SMILES string of the molecule is Cc1cc2c(cc1-c1nccn1C1CCC(N)CC1)OCO2. The van der Waals surface area contributed by atoms with Gasteiger partial charge >= 0.3 is 0 Å². The van der Waals surface area contributed by atoms with E-state index in [1.54, 1.807) is 0 Å². The second-order valence-electron chi connectivity index (χ2n) is 6.25. The Balaban J connectivity index is 1.71. The molecular formula is C17H21N3O2. The van der Waals surface area contributed by atoms with Gasteiger partial charge in [0.25, 0.3) is 0 Å². The number of imidazole rings is 1. The van der Waals surface area contributed by atoms with Gasteiger partial charge in [0.1, 0.15) is 5.82 Å². The summed E-state index contributed by atoms with van der Waals surface area (Å²) in [7, 11) is 0. The fourth-order valence-electron chi connectivity index (χ4n) is 3.48. The lowest BCUT2D eigenvalue weighted by atomic mass is 9.91. The largest absolute Gasteiger partial charge is 0.454 e. The third kappa shape index (κ3) is 2.25. The minimum absolute atomic E-state index is 0.299. The van der Waals surface area contributed by atoms with Crippen molar-refractivity contribution in [3.63, 3.8) is 0 Å². The number of rotatable bonds is 2. The lowest BCUT2D eigenvalue weighted by Crippen LogP contribution is -2.27. The van der Waals surface area contributed by atoms with Gasteiger partial charge in [-0.1, -0.05) is 0 Å². The van der Waals surface area contributed by atoms with Crippen LogP contribution >= 0.6 is 0 Å². The van der Waals surface area contributed by atoms with Crippen molar-refractivity contribution in [3.05, 3.63) is 30.1 Å². The van der Waals surface area contributed by atoms with Crippen molar-refractivity contribution in [2.45, 2.75) is 44.7 Å². The number of fused-ring (bicyclic) bond motifs is 1. The van der Waals surface area contributed by atoms with E-state index in [1.165, 1.54) is 0 Å². The average Bonchev–Trinajstić information content (AvgIpc) is 3.15. The zero-order valence-corrected chi connectivity index (χ0v) is 12.8. The number of nitrogens with two attached hydrogens (primary N) is 1. The molecule has 2 aromatic rings. The molecule has 1 fully saturated rings. The summed E-state index contributed by atoms with van der Waals surface area (Å²) in [5.74, 6) is 2.64. The molecule has 1 saturated carbocycles. The van der Waals surface area contributed by atoms with E-state index in [0.717, 1.165) is 54.1 Å². The van der Waals surface area contributed by atoms with E-state index in [9.17, 15) is 0 Å². The van der Waals surface area contributed by atoms with Gasteiger partial charge in [0, 0.05) is 30.0 Å². The predicted octanol–water partition coefficient (Wildman–Crippen LogP) is 3.03. The van der Waals surface area contributed by atoms with Crippen LogP contribution in [0.15, 0.2) is 24.5 Å². The van der Waals surface area contributed by atoms with Crippen LogP contribution in [-0.4, -0.2) is 22.4 Å². The Labute approximate surface area is 130 Å². The highest BCUT2D eigenvalue weighted by Crippen LogP contribution is 2.39. The summed E-state index contributed by atoms with van der Waals surface area (Å²) in [6.45, 7) is 2.39. The molecule has 2 aliphatic rings. The fourth-order valence-corrected chi connectivity index (χ4v) is 3.48. The van der Waals surface area contributed by atoms with Crippen molar-refractivity contribution < 1.29 is 9.47 Å². The van der Waals surface area contributed by atoms with E-state index >= 15 is 0 Å². The second kappa shape index (κ2) is 5.32. The van der Waals surface area contributed by atoms with Gasteiger partial charge in [-0.15, -0.1) is 0 Å². The smallest absolute Gasteiger partial charge is 0.231 e. The highest BCUT2D eigenvalue weighted by atomic mass is 16.7. The van der Waals surface area contributed by atoms with Gasteiger partial charge in [-0.3, -0.25) is 0 Å². The first-order valence-electron chi connectivity index (χ1n) is 7.91. The van der Waals surface area contributed by atoms with E-state index < -0.39 is 0 Å². The summed E-state index contributed by atoms with van der Waals surface area (Å²) >= 11 is 0. The summed E-state index contributed by atoms with van der Waals surface area (Å²) in [5, 5.41) is 0. The maximum atomic E-state index is 6.03. The standard InChI is InChI=1S/C17H21N3O2/c1-11-8-15-16(22-10-21-15)9-14(11)17-19-6-7-20(17)13-4-2-12(18)3-5-13/h6-9,12-13H,2-5,10,18H2,1H3. The van der Waals surface area contributed by atoms with Crippen LogP contribution < -0.4 is 15.2 Å². The summed E-state index contributed by atoms with van der Waals surface area (Å²) in [6, 6.07) is 4.93. The van der Waals surface area contributed by atoms with Gasteiger partial charge < -0.3 is 19.8 Å². The number of nitrogens with zero attached hydrogens (tertiary/aromatic N) is 2. The van der Waals surface area contributed by atoms with Gasteiger partial charge in [0.2, 0.25) is 6.79 Å². The topological polar surface area (TPSA) is 62.3 Å². The highest BCUT2D eigenvalue weighted by molar-refractivity contribution is 5.66. The van der Waals surface area contributed by atoms with Crippen LogP contribution in [0.5, 0.6) is 11.5 Å². The van der Waals surface area contributed by atoms with Crippen LogP contribution in [0.25, 0.3) is 11.4 Å². The van der Waals surface area contributed by atoms with Crippen molar-refractivity contribution >= 4 is 0 Å². The number of hydrogen-bond donors (Lipinski definition) is 1. The Bertz CT molecular complexity index is 687. The number of ether oxygens (including phenoxy) is 2. The molecule has 1 aliphatic heterocycles. The molecule has 0 saturated heterocycles. The number of aryl methyl sites for hydroxylation is 1. The molecule has 1 aromatic carbocycles. The normalized spacial score (nSPS) is 23.7.